The third-order valence-electron chi connectivity index (χ3n) is 4.10. The van der Waals surface area contributed by atoms with Crippen molar-refractivity contribution in [2.45, 2.75) is 27.7 Å². The van der Waals surface area contributed by atoms with Gasteiger partial charge in [0.2, 0.25) is 0 Å². The van der Waals surface area contributed by atoms with Crippen LogP contribution in [-0.4, -0.2) is 12.6 Å². The summed E-state index contributed by atoms with van der Waals surface area (Å²) in [6, 6.07) is 10.5. The van der Waals surface area contributed by atoms with E-state index in [0.717, 1.165) is 27.6 Å². The lowest BCUT2D eigenvalue weighted by molar-refractivity contribution is -0.136. The highest BCUT2D eigenvalue weighted by atomic mass is 16.6. The Morgan fingerprint density at radius 2 is 1.65 bits per heavy atom. The normalized spacial score (nSPS) is 10.8. The van der Waals surface area contributed by atoms with Gasteiger partial charge in [-0.25, -0.2) is 9.59 Å². The molecule has 5 heteroatoms. The SMILES string of the molecule is Cc1cc(C)c(OC(=O)COc2ccc3c(C)cc(=O)oc3c2)c(C)c1. The summed E-state index contributed by atoms with van der Waals surface area (Å²) >= 11 is 0. The number of hydrogen-bond acceptors (Lipinski definition) is 5. The summed E-state index contributed by atoms with van der Waals surface area (Å²) in [6.45, 7) is 7.39. The Hall–Kier alpha value is -3.08. The van der Waals surface area contributed by atoms with Crippen molar-refractivity contribution in [2.24, 2.45) is 0 Å². The van der Waals surface area contributed by atoms with Crippen LogP contribution in [0.15, 0.2) is 45.6 Å². The van der Waals surface area contributed by atoms with Crippen molar-refractivity contribution in [1.82, 2.24) is 0 Å². The molecule has 3 rings (SSSR count). The molecule has 0 fully saturated rings. The molecule has 3 aromatic rings. The van der Waals surface area contributed by atoms with E-state index >= 15 is 0 Å². The summed E-state index contributed by atoms with van der Waals surface area (Å²) in [5.74, 6) is 0.496. The van der Waals surface area contributed by atoms with E-state index in [0.29, 0.717) is 17.1 Å². The molecule has 1 heterocycles. The lowest BCUT2D eigenvalue weighted by atomic mass is 10.1. The van der Waals surface area contributed by atoms with E-state index in [2.05, 4.69) is 0 Å². The molecule has 0 unspecified atom stereocenters. The summed E-state index contributed by atoms with van der Waals surface area (Å²) in [7, 11) is 0. The largest absolute Gasteiger partial charge is 0.482 e. The first-order valence-electron chi connectivity index (χ1n) is 8.29. The summed E-state index contributed by atoms with van der Waals surface area (Å²) in [6.07, 6.45) is 0. The Balaban J connectivity index is 1.72. The van der Waals surface area contributed by atoms with Crippen LogP contribution in [0.2, 0.25) is 0 Å². The number of rotatable bonds is 4. The van der Waals surface area contributed by atoms with Gasteiger partial charge in [0.25, 0.3) is 0 Å². The molecule has 0 aliphatic heterocycles. The van der Waals surface area contributed by atoms with Gasteiger partial charge in [-0.1, -0.05) is 17.7 Å². The van der Waals surface area contributed by atoms with Gasteiger partial charge in [-0.2, -0.15) is 0 Å². The molecule has 134 valence electrons. The van der Waals surface area contributed by atoms with E-state index in [1.54, 1.807) is 18.2 Å². The predicted octanol–water partition coefficient (Wildman–Crippen LogP) is 4.01. The van der Waals surface area contributed by atoms with E-state index in [1.807, 2.05) is 39.8 Å². The van der Waals surface area contributed by atoms with Crippen LogP contribution in [0.3, 0.4) is 0 Å². The highest BCUT2D eigenvalue weighted by Crippen LogP contribution is 2.25. The van der Waals surface area contributed by atoms with Crippen LogP contribution < -0.4 is 15.1 Å². The molecule has 5 nitrogen and oxygen atoms in total. The minimum absolute atomic E-state index is 0.242. The minimum atomic E-state index is -0.495. The predicted molar refractivity (Wildman–Crippen MR) is 99.0 cm³/mol. The molecule has 1 aromatic heterocycles. The van der Waals surface area contributed by atoms with Gasteiger partial charge in [0, 0.05) is 17.5 Å². The zero-order valence-electron chi connectivity index (χ0n) is 15.2. The molecule has 0 saturated heterocycles. The van der Waals surface area contributed by atoms with Crippen LogP contribution in [0, 0.1) is 27.7 Å². The van der Waals surface area contributed by atoms with Crippen LogP contribution in [0.1, 0.15) is 22.3 Å². The Labute approximate surface area is 151 Å². The Kier molecular flexibility index (Phi) is 4.80. The molecular formula is C21H20O5. The summed E-state index contributed by atoms with van der Waals surface area (Å²) in [5, 5.41) is 0.824. The van der Waals surface area contributed by atoms with Gasteiger partial charge in [-0.15, -0.1) is 0 Å². The molecular weight excluding hydrogens is 332 g/mol. The second kappa shape index (κ2) is 7.04. The Morgan fingerprint density at radius 1 is 0.962 bits per heavy atom. The van der Waals surface area contributed by atoms with Crippen LogP contribution >= 0.6 is 0 Å². The maximum atomic E-state index is 12.1. The van der Waals surface area contributed by atoms with E-state index in [9.17, 15) is 9.59 Å². The molecule has 0 amide bonds. The van der Waals surface area contributed by atoms with Crippen LogP contribution in [-0.2, 0) is 4.79 Å². The fraction of sp³-hybridized carbons (Fsp3) is 0.238. The Morgan fingerprint density at radius 3 is 2.35 bits per heavy atom. The zero-order chi connectivity index (χ0) is 18.8. The first kappa shape index (κ1) is 17.7. The third kappa shape index (κ3) is 3.77. The zero-order valence-corrected chi connectivity index (χ0v) is 15.2. The first-order valence-corrected chi connectivity index (χ1v) is 8.29. The molecule has 0 aliphatic rings. The summed E-state index contributed by atoms with van der Waals surface area (Å²) < 4.78 is 16.1. The summed E-state index contributed by atoms with van der Waals surface area (Å²) in [4.78, 5) is 23.6. The molecule has 0 radical (unpaired) electrons. The quantitative estimate of drug-likeness (QED) is 0.403. The maximum Gasteiger partial charge on any atom is 0.349 e. The number of aryl methyl sites for hydroxylation is 4. The fourth-order valence-electron chi connectivity index (χ4n) is 3.01. The average molecular weight is 352 g/mol. The van der Waals surface area contributed by atoms with Crippen LogP contribution in [0.4, 0.5) is 0 Å². The van der Waals surface area contributed by atoms with Crippen molar-refractivity contribution < 1.29 is 18.7 Å². The molecule has 0 spiro atoms. The maximum absolute atomic E-state index is 12.1. The van der Waals surface area contributed by atoms with Crippen molar-refractivity contribution in [2.75, 3.05) is 6.61 Å². The van der Waals surface area contributed by atoms with E-state index < -0.39 is 11.6 Å². The first-order chi connectivity index (χ1) is 12.3. The molecule has 2 aromatic carbocycles. The van der Waals surface area contributed by atoms with Gasteiger partial charge >= 0.3 is 11.6 Å². The second-order valence-electron chi connectivity index (χ2n) is 6.40. The van der Waals surface area contributed by atoms with Crippen molar-refractivity contribution in [3.05, 3.63) is 69.1 Å². The number of esters is 1. The monoisotopic (exact) mass is 352 g/mol. The molecule has 0 bridgehead atoms. The highest BCUT2D eigenvalue weighted by Gasteiger charge is 2.12. The second-order valence-corrected chi connectivity index (χ2v) is 6.40. The minimum Gasteiger partial charge on any atom is -0.482 e. The van der Waals surface area contributed by atoms with Gasteiger partial charge in [-0.3, -0.25) is 0 Å². The van der Waals surface area contributed by atoms with Crippen LogP contribution in [0.25, 0.3) is 11.0 Å². The number of benzene rings is 2. The highest BCUT2D eigenvalue weighted by molar-refractivity contribution is 5.81. The number of ether oxygens (including phenoxy) is 2. The number of hydrogen-bond donors (Lipinski definition) is 0. The molecule has 0 atom stereocenters. The van der Waals surface area contributed by atoms with Gasteiger partial charge in [0.05, 0.1) is 0 Å². The standard InChI is InChI=1S/C21H20O5/c1-12-7-14(3)21(15(4)8-12)26-20(23)11-24-16-5-6-17-13(2)9-19(22)25-18(17)10-16/h5-10H,11H2,1-4H3. The van der Waals surface area contributed by atoms with Crippen molar-refractivity contribution in [3.63, 3.8) is 0 Å². The third-order valence-corrected chi connectivity index (χ3v) is 4.10. The van der Waals surface area contributed by atoms with Gasteiger partial charge in [0.15, 0.2) is 6.61 Å². The summed E-state index contributed by atoms with van der Waals surface area (Å²) in [5.41, 5.74) is 3.75. The number of carbonyl (C=O) groups is 1. The molecule has 0 saturated carbocycles. The fourth-order valence-corrected chi connectivity index (χ4v) is 3.01. The van der Waals surface area contributed by atoms with E-state index in [-0.39, 0.29) is 6.61 Å². The van der Waals surface area contributed by atoms with Gasteiger partial charge in [0.1, 0.15) is 17.1 Å². The molecule has 0 N–H and O–H groups in total. The van der Waals surface area contributed by atoms with Crippen molar-refractivity contribution in [3.8, 4) is 11.5 Å². The van der Waals surface area contributed by atoms with Gasteiger partial charge in [-0.05, 0) is 56.5 Å². The van der Waals surface area contributed by atoms with Crippen molar-refractivity contribution in [1.29, 1.82) is 0 Å². The molecule has 0 aliphatic carbocycles. The number of carbonyl (C=O) groups excluding carboxylic acids is 1. The van der Waals surface area contributed by atoms with E-state index in [1.165, 1.54) is 6.07 Å². The lowest BCUT2D eigenvalue weighted by Gasteiger charge is -2.12. The van der Waals surface area contributed by atoms with Crippen molar-refractivity contribution >= 4 is 16.9 Å². The smallest absolute Gasteiger partial charge is 0.349 e. The average Bonchev–Trinajstić information content (AvgIpc) is 2.55. The van der Waals surface area contributed by atoms with E-state index in [4.69, 9.17) is 13.9 Å². The number of fused-ring (bicyclic) bond motifs is 1. The Bertz CT molecular complexity index is 1020. The lowest BCUT2D eigenvalue weighted by Crippen LogP contribution is -2.18. The topological polar surface area (TPSA) is 65.7 Å². The van der Waals surface area contributed by atoms with Gasteiger partial charge < -0.3 is 13.9 Å². The van der Waals surface area contributed by atoms with Crippen LogP contribution in [0.5, 0.6) is 11.5 Å². The molecule has 26 heavy (non-hydrogen) atoms.